The summed E-state index contributed by atoms with van der Waals surface area (Å²) in [5, 5.41) is 0. The van der Waals surface area contributed by atoms with Gasteiger partial charge in [0.15, 0.2) is 11.5 Å². The summed E-state index contributed by atoms with van der Waals surface area (Å²) in [6.45, 7) is 1.80. The zero-order chi connectivity index (χ0) is 18.9. The van der Waals surface area contributed by atoms with Crippen molar-refractivity contribution >= 4 is 15.9 Å². The Kier molecular flexibility index (Phi) is 5.16. The van der Waals surface area contributed by atoms with Crippen molar-refractivity contribution in [3.63, 3.8) is 0 Å². The smallest absolute Gasteiger partial charge is 0.230 e. The number of carbonyl (C=O) groups excluding carboxylic acids is 1. The fraction of sp³-hybridized carbons (Fsp3) is 0.611. The first kappa shape index (κ1) is 19.0. The van der Waals surface area contributed by atoms with E-state index in [1.54, 1.807) is 14.2 Å². The van der Waals surface area contributed by atoms with E-state index < -0.39 is 15.4 Å². The van der Waals surface area contributed by atoms with E-state index in [1.807, 2.05) is 23.1 Å². The number of hydrogen-bond acceptors (Lipinski definition) is 5. The predicted molar refractivity (Wildman–Crippen MR) is 97.7 cm³/mol. The summed E-state index contributed by atoms with van der Waals surface area (Å²) in [4.78, 5) is 15.0. The van der Waals surface area contributed by atoms with E-state index >= 15 is 0 Å². The van der Waals surface area contributed by atoms with E-state index in [0.717, 1.165) is 18.4 Å². The van der Waals surface area contributed by atoms with Gasteiger partial charge in [0.05, 0.1) is 25.9 Å². The van der Waals surface area contributed by atoms with Crippen LogP contribution in [0.15, 0.2) is 18.2 Å². The molecule has 2 fully saturated rings. The van der Waals surface area contributed by atoms with Crippen LogP contribution in [0.3, 0.4) is 0 Å². The third-order valence-corrected chi connectivity index (χ3v) is 6.71. The average molecular weight is 382 g/mol. The van der Waals surface area contributed by atoms with Gasteiger partial charge >= 0.3 is 0 Å². The van der Waals surface area contributed by atoms with Crippen molar-refractivity contribution in [2.45, 2.75) is 25.8 Å². The maximum absolute atomic E-state index is 13.2. The molecule has 144 valence electrons. The van der Waals surface area contributed by atoms with Crippen LogP contribution in [0.2, 0.25) is 0 Å². The van der Waals surface area contributed by atoms with Gasteiger partial charge in [0.2, 0.25) is 15.9 Å². The van der Waals surface area contributed by atoms with E-state index in [1.165, 1.54) is 10.6 Å². The Morgan fingerprint density at radius 2 is 1.92 bits per heavy atom. The summed E-state index contributed by atoms with van der Waals surface area (Å²) >= 11 is 0. The largest absolute Gasteiger partial charge is 0.493 e. The third-order valence-electron chi connectivity index (χ3n) is 5.46. The highest BCUT2D eigenvalue weighted by Gasteiger charge is 2.50. The minimum atomic E-state index is -3.27. The lowest BCUT2D eigenvalue weighted by molar-refractivity contribution is -0.146. The number of methoxy groups -OCH3 is 2. The molecular formula is C18H26N2O5S. The van der Waals surface area contributed by atoms with Crippen LogP contribution < -0.4 is 9.47 Å². The Morgan fingerprint density at radius 3 is 2.54 bits per heavy atom. The molecule has 8 heteroatoms. The lowest BCUT2D eigenvalue weighted by atomic mass is 9.78. The van der Waals surface area contributed by atoms with Crippen molar-refractivity contribution < 1.29 is 22.7 Å². The van der Waals surface area contributed by atoms with Gasteiger partial charge < -0.3 is 14.4 Å². The van der Waals surface area contributed by atoms with Gasteiger partial charge in [0.1, 0.15) is 0 Å². The Labute approximate surface area is 154 Å². The lowest BCUT2D eigenvalue weighted by Crippen LogP contribution is -2.49. The summed E-state index contributed by atoms with van der Waals surface area (Å²) in [6.07, 6.45) is 3.40. The highest BCUT2D eigenvalue weighted by molar-refractivity contribution is 7.88. The van der Waals surface area contributed by atoms with Gasteiger partial charge in [-0.05, 0) is 25.3 Å². The molecule has 1 aromatic rings. The zero-order valence-electron chi connectivity index (χ0n) is 15.5. The van der Waals surface area contributed by atoms with E-state index in [2.05, 4.69) is 0 Å². The fourth-order valence-electron chi connectivity index (χ4n) is 4.08. The average Bonchev–Trinajstić information content (AvgIpc) is 3.04. The normalized spacial score (nSPS) is 24.3. The molecule has 2 aliphatic rings. The molecule has 3 rings (SSSR count). The zero-order valence-corrected chi connectivity index (χ0v) is 16.3. The van der Waals surface area contributed by atoms with Gasteiger partial charge in [-0.3, -0.25) is 4.79 Å². The standard InChI is InChI=1S/C18H26N2O5S/c1-24-15-7-4-6-14(16(15)25-2)12-19-10-5-8-18(17(19)21)9-11-20(13-18)26(3,22)23/h4,6-7H,5,8-13H2,1-3H3. The predicted octanol–water partition coefficient (Wildman–Crippen LogP) is 1.48. The molecule has 1 amide bonds. The first-order valence-electron chi connectivity index (χ1n) is 8.75. The molecule has 0 saturated carbocycles. The number of carbonyl (C=O) groups is 1. The summed E-state index contributed by atoms with van der Waals surface area (Å²) in [6, 6.07) is 5.62. The summed E-state index contributed by atoms with van der Waals surface area (Å²) in [7, 11) is -0.102. The number of amides is 1. The van der Waals surface area contributed by atoms with Crippen LogP contribution in [0.25, 0.3) is 0 Å². The van der Waals surface area contributed by atoms with Crippen molar-refractivity contribution in [1.82, 2.24) is 9.21 Å². The van der Waals surface area contributed by atoms with E-state index in [4.69, 9.17) is 9.47 Å². The number of benzene rings is 1. The highest BCUT2D eigenvalue weighted by Crippen LogP contribution is 2.42. The second-order valence-electron chi connectivity index (χ2n) is 7.11. The molecule has 1 atom stereocenters. The second kappa shape index (κ2) is 7.08. The van der Waals surface area contributed by atoms with Crippen molar-refractivity contribution in [2.75, 3.05) is 40.1 Å². The molecule has 7 nitrogen and oxygen atoms in total. The minimum absolute atomic E-state index is 0.0415. The van der Waals surface area contributed by atoms with Crippen LogP contribution in [-0.4, -0.2) is 63.6 Å². The van der Waals surface area contributed by atoms with Gasteiger partial charge in [-0.2, -0.15) is 0 Å². The molecule has 0 aromatic heterocycles. The van der Waals surface area contributed by atoms with Crippen molar-refractivity contribution in [1.29, 1.82) is 0 Å². The molecular weight excluding hydrogens is 356 g/mol. The van der Waals surface area contributed by atoms with Crippen LogP contribution in [0.4, 0.5) is 0 Å². The number of para-hydroxylation sites is 1. The molecule has 1 spiro atoms. The number of ether oxygens (including phenoxy) is 2. The summed E-state index contributed by atoms with van der Waals surface area (Å²) in [5.41, 5.74) is 0.295. The topological polar surface area (TPSA) is 76.2 Å². The quantitative estimate of drug-likeness (QED) is 0.771. The highest BCUT2D eigenvalue weighted by atomic mass is 32.2. The molecule has 0 aliphatic carbocycles. The number of piperidine rings is 1. The SMILES string of the molecule is COc1cccc(CN2CCCC3(CCN(S(C)(=O)=O)C3)C2=O)c1OC. The maximum atomic E-state index is 13.2. The van der Waals surface area contributed by atoms with Gasteiger partial charge in [-0.1, -0.05) is 12.1 Å². The van der Waals surface area contributed by atoms with Gasteiger partial charge in [0, 0.05) is 31.7 Å². The van der Waals surface area contributed by atoms with Crippen LogP contribution in [0.5, 0.6) is 11.5 Å². The molecule has 2 saturated heterocycles. The van der Waals surface area contributed by atoms with Crippen LogP contribution in [0.1, 0.15) is 24.8 Å². The monoisotopic (exact) mass is 382 g/mol. The second-order valence-corrected chi connectivity index (χ2v) is 9.09. The Morgan fingerprint density at radius 1 is 1.15 bits per heavy atom. The van der Waals surface area contributed by atoms with E-state index in [-0.39, 0.29) is 12.5 Å². The van der Waals surface area contributed by atoms with Crippen LogP contribution in [-0.2, 0) is 21.4 Å². The lowest BCUT2D eigenvalue weighted by Gasteiger charge is -2.39. The molecule has 0 bridgehead atoms. The Hall–Kier alpha value is -1.80. The van der Waals surface area contributed by atoms with E-state index in [0.29, 0.717) is 37.6 Å². The minimum Gasteiger partial charge on any atom is -0.493 e. The fourth-order valence-corrected chi connectivity index (χ4v) is 4.99. The van der Waals surface area contributed by atoms with Crippen LogP contribution in [0, 0.1) is 5.41 Å². The third kappa shape index (κ3) is 3.40. The summed E-state index contributed by atoms with van der Waals surface area (Å²) < 4.78 is 36.0. The molecule has 1 aromatic carbocycles. The van der Waals surface area contributed by atoms with Crippen molar-refractivity contribution in [3.8, 4) is 11.5 Å². The molecule has 2 aliphatic heterocycles. The Balaban J connectivity index is 1.82. The summed E-state index contributed by atoms with van der Waals surface area (Å²) in [5.74, 6) is 1.31. The molecule has 0 radical (unpaired) electrons. The Bertz CT molecular complexity index is 795. The molecule has 26 heavy (non-hydrogen) atoms. The van der Waals surface area contributed by atoms with Crippen LogP contribution >= 0.6 is 0 Å². The number of rotatable bonds is 5. The molecule has 0 N–H and O–H groups in total. The van der Waals surface area contributed by atoms with Gasteiger partial charge in [-0.25, -0.2) is 12.7 Å². The van der Waals surface area contributed by atoms with Crippen molar-refractivity contribution in [2.24, 2.45) is 5.41 Å². The number of nitrogens with zero attached hydrogens (tertiary/aromatic N) is 2. The molecule has 1 unspecified atom stereocenters. The number of hydrogen-bond donors (Lipinski definition) is 0. The van der Waals surface area contributed by atoms with Crippen molar-refractivity contribution in [3.05, 3.63) is 23.8 Å². The van der Waals surface area contributed by atoms with Gasteiger partial charge in [0.25, 0.3) is 0 Å². The first-order valence-corrected chi connectivity index (χ1v) is 10.6. The molecule has 2 heterocycles. The first-order chi connectivity index (χ1) is 12.3. The maximum Gasteiger partial charge on any atom is 0.230 e. The number of likely N-dealkylation sites (tertiary alicyclic amines) is 1. The van der Waals surface area contributed by atoms with E-state index in [9.17, 15) is 13.2 Å². The van der Waals surface area contributed by atoms with Gasteiger partial charge in [-0.15, -0.1) is 0 Å². The number of sulfonamides is 1.